The second-order valence-corrected chi connectivity index (χ2v) is 4.88. The number of alkyl halides is 2. The fourth-order valence-corrected chi connectivity index (χ4v) is 1.95. The number of rotatable bonds is 8. The number of unbranched alkanes of at least 4 members (excludes halogenated alkanes) is 2. The van der Waals surface area contributed by atoms with E-state index >= 15 is 0 Å². The second-order valence-electron chi connectivity index (χ2n) is 4.88. The molecule has 0 saturated carbocycles. The highest BCUT2D eigenvalue weighted by molar-refractivity contribution is 5.87. The SMILES string of the molecule is C=CC(F)(F)/C(=C/c1ccc(C(=O)O)cc1)CCCCC. The maximum atomic E-state index is 13.9. The Bertz CT molecular complexity index is 516. The van der Waals surface area contributed by atoms with Gasteiger partial charge in [-0.2, -0.15) is 8.78 Å². The Kier molecular flexibility index (Phi) is 6.28. The molecular weight excluding hydrogens is 274 g/mol. The number of hydrogen-bond donors (Lipinski definition) is 1. The smallest absolute Gasteiger partial charge is 0.335 e. The van der Waals surface area contributed by atoms with Crippen LogP contribution in [0, 0.1) is 0 Å². The van der Waals surface area contributed by atoms with E-state index in [-0.39, 0.29) is 11.1 Å². The van der Waals surface area contributed by atoms with Crippen molar-refractivity contribution in [3.05, 3.63) is 53.6 Å². The van der Waals surface area contributed by atoms with Gasteiger partial charge >= 0.3 is 5.97 Å². The second kappa shape index (κ2) is 7.72. The molecule has 21 heavy (non-hydrogen) atoms. The molecule has 0 atom stereocenters. The van der Waals surface area contributed by atoms with Crippen molar-refractivity contribution in [2.24, 2.45) is 0 Å². The van der Waals surface area contributed by atoms with Gasteiger partial charge in [0.1, 0.15) is 0 Å². The van der Waals surface area contributed by atoms with Crippen LogP contribution >= 0.6 is 0 Å². The Morgan fingerprint density at radius 2 is 1.90 bits per heavy atom. The van der Waals surface area contributed by atoms with Gasteiger partial charge in [0.25, 0.3) is 5.92 Å². The third-order valence-corrected chi connectivity index (χ3v) is 3.23. The van der Waals surface area contributed by atoms with Crippen LogP contribution in [0.3, 0.4) is 0 Å². The summed E-state index contributed by atoms with van der Waals surface area (Å²) in [6.07, 6.45) is 4.91. The molecule has 1 N–H and O–H groups in total. The van der Waals surface area contributed by atoms with Crippen molar-refractivity contribution in [3.63, 3.8) is 0 Å². The molecule has 0 aliphatic rings. The van der Waals surface area contributed by atoms with Crippen LogP contribution in [0.25, 0.3) is 6.08 Å². The summed E-state index contributed by atoms with van der Waals surface area (Å²) in [5.74, 6) is -4.08. The van der Waals surface area contributed by atoms with Gasteiger partial charge in [-0.25, -0.2) is 4.79 Å². The molecule has 0 spiro atoms. The van der Waals surface area contributed by atoms with Gasteiger partial charge in [0.05, 0.1) is 5.56 Å². The zero-order valence-electron chi connectivity index (χ0n) is 12.1. The van der Waals surface area contributed by atoms with E-state index in [1.54, 1.807) is 0 Å². The quantitative estimate of drug-likeness (QED) is 0.530. The van der Waals surface area contributed by atoms with Gasteiger partial charge < -0.3 is 5.11 Å². The summed E-state index contributed by atoms with van der Waals surface area (Å²) >= 11 is 0. The van der Waals surface area contributed by atoms with Crippen molar-refractivity contribution < 1.29 is 18.7 Å². The van der Waals surface area contributed by atoms with Crippen LogP contribution < -0.4 is 0 Å². The molecule has 0 aromatic heterocycles. The first kappa shape index (κ1) is 17.1. The molecule has 0 bridgehead atoms. The molecule has 0 fully saturated rings. The molecule has 4 heteroatoms. The molecule has 0 heterocycles. The van der Waals surface area contributed by atoms with E-state index in [1.807, 2.05) is 6.92 Å². The average molecular weight is 294 g/mol. The van der Waals surface area contributed by atoms with Crippen LogP contribution in [0.5, 0.6) is 0 Å². The van der Waals surface area contributed by atoms with Crippen molar-refractivity contribution in [1.29, 1.82) is 0 Å². The molecule has 1 aromatic rings. The van der Waals surface area contributed by atoms with Gasteiger partial charge in [-0.15, -0.1) is 0 Å². The summed E-state index contributed by atoms with van der Waals surface area (Å²) in [6.45, 7) is 5.21. The topological polar surface area (TPSA) is 37.3 Å². The molecule has 0 unspecified atom stereocenters. The Labute approximate surface area is 123 Å². The Morgan fingerprint density at radius 3 is 2.38 bits per heavy atom. The lowest BCUT2D eigenvalue weighted by molar-refractivity contribution is 0.0696. The molecular formula is C17H20F2O2. The highest BCUT2D eigenvalue weighted by atomic mass is 19.3. The number of halogens is 2. The summed E-state index contributed by atoms with van der Waals surface area (Å²) in [7, 11) is 0. The summed E-state index contributed by atoms with van der Waals surface area (Å²) in [6, 6.07) is 5.87. The van der Waals surface area contributed by atoms with Gasteiger partial charge in [-0.1, -0.05) is 38.5 Å². The standard InChI is InChI=1S/C17H20F2O2/c1-3-5-6-7-15(17(18,19)4-2)12-13-8-10-14(11-9-13)16(20)21/h4,8-12H,2-3,5-7H2,1H3,(H,20,21)/b15-12+. The third-order valence-electron chi connectivity index (χ3n) is 3.23. The van der Waals surface area contributed by atoms with Crippen LogP contribution in [-0.4, -0.2) is 17.0 Å². The van der Waals surface area contributed by atoms with Crippen molar-refractivity contribution in [2.75, 3.05) is 0 Å². The Balaban J connectivity index is 3.00. The largest absolute Gasteiger partial charge is 0.478 e. The predicted octanol–water partition coefficient (Wildman–Crippen LogP) is 5.17. The first-order chi connectivity index (χ1) is 9.90. The highest BCUT2D eigenvalue weighted by Gasteiger charge is 2.29. The molecule has 1 aromatic carbocycles. The number of carbonyl (C=O) groups is 1. The maximum Gasteiger partial charge on any atom is 0.335 e. The number of carboxylic acids is 1. The minimum absolute atomic E-state index is 0.00836. The zero-order chi connectivity index (χ0) is 15.9. The van der Waals surface area contributed by atoms with Crippen LogP contribution in [-0.2, 0) is 0 Å². The fraction of sp³-hybridized carbons (Fsp3) is 0.353. The van der Waals surface area contributed by atoms with Gasteiger partial charge in [0, 0.05) is 5.57 Å². The zero-order valence-corrected chi connectivity index (χ0v) is 12.1. The first-order valence-corrected chi connectivity index (χ1v) is 6.96. The molecule has 0 radical (unpaired) electrons. The van der Waals surface area contributed by atoms with Gasteiger partial charge in [0.2, 0.25) is 0 Å². The number of aromatic carboxylic acids is 1. The van der Waals surface area contributed by atoms with E-state index in [0.717, 1.165) is 12.8 Å². The van der Waals surface area contributed by atoms with E-state index in [4.69, 9.17) is 5.11 Å². The molecule has 0 saturated heterocycles. The summed E-state index contributed by atoms with van der Waals surface area (Å²) in [4.78, 5) is 10.8. The predicted molar refractivity (Wildman–Crippen MR) is 80.7 cm³/mol. The van der Waals surface area contributed by atoms with E-state index in [9.17, 15) is 13.6 Å². The minimum atomic E-state index is -3.04. The summed E-state index contributed by atoms with van der Waals surface area (Å²) < 4.78 is 27.7. The number of benzene rings is 1. The van der Waals surface area contributed by atoms with Crippen LogP contribution in [0.4, 0.5) is 8.78 Å². The molecule has 2 nitrogen and oxygen atoms in total. The lowest BCUT2D eigenvalue weighted by Crippen LogP contribution is -2.15. The van der Waals surface area contributed by atoms with Crippen LogP contribution in [0.15, 0.2) is 42.5 Å². The molecule has 0 aliphatic carbocycles. The molecule has 0 amide bonds. The normalized spacial score (nSPS) is 12.2. The van der Waals surface area contributed by atoms with Crippen molar-refractivity contribution in [3.8, 4) is 0 Å². The van der Waals surface area contributed by atoms with Gasteiger partial charge in [-0.05, 0) is 42.7 Å². The van der Waals surface area contributed by atoms with Gasteiger partial charge in [0.15, 0.2) is 0 Å². The lowest BCUT2D eigenvalue weighted by Gasteiger charge is -2.16. The number of hydrogen-bond acceptors (Lipinski definition) is 1. The monoisotopic (exact) mass is 294 g/mol. The summed E-state index contributed by atoms with van der Waals surface area (Å²) in [5.41, 5.74) is 0.706. The van der Waals surface area contributed by atoms with Crippen LogP contribution in [0.2, 0.25) is 0 Å². The average Bonchev–Trinajstić information content (AvgIpc) is 2.47. The number of carboxylic acid groups (broad SMARTS) is 1. The van der Waals surface area contributed by atoms with E-state index < -0.39 is 11.9 Å². The van der Waals surface area contributed by atoms with Crippen molar-refractivity contribution in [2.45, 2.75) is 38.5 Å². The maximum absolute atomic E-state index is 13.9. The summed E-state index contributed by atoms with van der Waals surface area (Å²) in [5, 5.41) is 8.82. The fourth-order valence-electron chi connectivity index (χ4n) is 1.95. The van der Waals surface area contributed by atoms with Gasteiger partial charge in [-0.3, -0.25) is 0 Å². The van der Waals surface area contributed by atoms with E-state index in [1.165, 1.54) is 30.3 Å². The van der Waals surface area contributed by atoms with E-state index in [0.29, 0.717) is 24.5 Å². The van der Waals surface area contributed by atoms with Crippen molar-refractivity contribution >= 4 is 12.0 Å². The molecule has 114 valence electrons. The third kappa shape index (κ3) is 5.14. The van der Waals surface area contributed by atoms with Crippen molar-refractivity contribution in [1.82, 2.24) is 0 Å². The molecule has 0 aliphatic heterocycles. The lowest BCUT2D eigenvalue weighted by atomic mass is 9.98. The van der Waals surface area contributed by atoms with Crippen LogP contribution in [0.1, 0.15) is 48.5 Å². The minimum Gasteiger partial charge on any atom is -0.478 e. The highest BCUT2D eigenvalue weighted by Crippen LogP contribution is 2.31. The first-order valence-electron chi connectivity index (χ1n) is 6.96. The number of allylic oxidation sites excluding steroid dienone is 2. The molecule has 1 rings (SSSR count). The Morgan fingerprint density at radius 1 is 1.29 bits per heavy atom. The Hall–Kier alpha value is -1.97. The van der Waals surface area contributed by atoms with E-state index in [2.05, 4.69) is 6.58 Å².